The van der Waals surface area contributed by atoms with Crippen molar-refractivity contribution in [2.45, 2.75) is 17.7 Å². The summed E-state index contributed by atoms with van der Waals surface area (Å²) >= 11 is 0. The molecule has 74 valence electrons. The average Bonchev–Trinajstić information content (AvgIpc) is 2.15. The lowest BCUT2D eigenvalue weighted by atomic mass is 9.83. The van der Waals surface area contributed by atoms with Gasteiger partial charge >= 0.3 is 5.92 Å². The van der Waals surface area contributed by atoms with E-state index in [0.717, 1.165) is 6.07 Å². The van der Waals surface area contributed by atoms with Crippen LogP contribution in [0.1, 0.15) is 1.37 Å². The van der Waals surface area contributed by atoms with Crippen LogP contribution in [-0.2, 0) is 0 Å². The molecule has 0 bridgehead atoms. The standard InChI is InChI=1S/C8H4F4N2/c9-6-7(10,4-14)2-1-5(3-13)8(6,11)12/h1-2,5-6H/i6D. The molecule has 2 nitrogen and oxygen atoms in total. The molecule has 3 unspecified atom stereocenters. The first-order chi connectivity index (χ1) is 6.73. The minimum atomic E-state index is -4.57. The van der Waals surface area contributed by atoms with Gasteiger partial charge in [-0.15, -0.1) is 0 Å². The fraction of sp³-hybridized carbons (Fsp3) is 0.500. The maximum Gasteiger partial charge on any atom is 0.302 e. The van der Waals surface area contributed by atoms with E-state index in [1.165, 1.54) is 0 Å². The largest absolute Gasteiger partial charge is 0.302 e. The second-order valence-corrected chi connectivity index (χ2v) is 2.73. The van der Waals surface area contributed by atoms with E-state index in [0.29, 0.717) is 12.1 Å². The highest BCUT2D eigenvalue weighted by Crippen LogP contribution is 2.42. The quantitative estimate of drug-likeness (QED) is 0.448. The van der Waals surface area contributed by atoms with Crippen LogP contribution in [0.5, 0.6) is 0 Å². The van der Waals surface area contributed by atoms with E-state index in [1.54, 1.807) is 0 Å². The summed E-state index contributed by atoms with van der Waals surface area (Å²) in [4.78, 5) is 0. The van der Waals surface area contributed by atoms with Gasteiger partial charge in [0.15, 0.2) is 0 Å². The maximum absolute atomic E-state index is 13.3. The van der Waals surface area contributed by atoms with Crippen molar-refractivity contribution in [2.75, 3.05) is 0 Å². The van der Waals surface area contributed by atoms with Crippen LogP contribution in [0.3, 0.4) is 0 Å². The van der Waals surface area contributed by atoms with E-state index >= 15 is 0 Å². The van der Waals surface area contributed by atoms with Crippen molar-refractivity contribution in [3.05, 3.63) is 12.2 Å². The number of nitrogens with zero attached hydrogens (tertiary/aromatic N) is 2. The Morgan fingerprint density at radius 1 is 1.36 bits per heavy atom. The lowest BCUT2D eigenvalue weighted by Crippen LogP contribution is -2.51. The highest BCUT2D eigenvalue weighted by atomic mass is 19.3. The fourth-order valence-electron chi connectivity index (χ4n) is 1.01. The van der Waals surface area contributed by atoms with Gasteiger partial charge < -0.3 is 0 Å². The molecule has 0 aromatic rings. The summed E-state index contributed by atoms with van der Waals surface area (Å²) in [7, 11) is 0. The zero-order chi connectivity index (χ0) is 11.9. The van der Waals surface area contributed by atoms with Crippen molar-refractivity contribution < 1.29 is 18.9 Å². The van der Waals surface area contributed by atoms with Crippen LogP contribution in [0.4, 0.5) is 17.6 Å². The first-order valence-corrected chi connectivity index (χ1v) is 3.49. The third kappa shape index (κ3) is 1.24. The molecule has 1 aliphatic carbocycles. The van der Waals surface area contributed by atoms with E-state index in [4.69, 9.17) is 11.9 Å². The van der Waals surface area contributed by atoms with E-state index in [-0.39, 0.29) is 6.08 Å². The van der Waals surface area contributed by atoms with Gasteiger partial charge in [0, 0.05) is 0 Å². The SMILES string of the molecule is [2H]C1(F)C(F)(C#N)C=CC(C#N)C1(F)F. The molecule has 0 N–H and O–H groups in total. The molecule has 1 rings (SSSR count). The van der Waals surface area contributed by atoms with E-state index in [1.807, 2.05) is 0 Å². The molecule has 0 heterocycles. The van der Waals surface area contributed by atoms with Gasteiger partial charge in [0.1, 0.15) is 12.0 Å². The molecule has 0 saturated carbocycles. The van der Waals surface area contributed by atoms with E-state index in [2.05, 4.69) is 0 Å². The smallest absolute Gasteiger partial charge is 0.236 e. The Labute approximate surface area is 78.5 Å². The second-order valence-electron chi connectivity index (χ2n) is 2.73. The number of hydrogen-bond donors (Lipinski definition) is 0. The molecule has 0 radical (unpaired) electrons. The number of hydrogen-bond acceptors (Lipinski definition) is 2. The number of rotatable bonds is 0. The van der Waals surface area contributed by atoms with Gasteiger partial charge in [-0.3, -0.25) is 0 Å². The van der Waals surface area contributed by atoms with Crippen LogP contribution in [0.25, 0.3) is 0 Å². The van der Waals surface area contributed by atoms with Crippen LogP contribution in [-0.4, -0.2) is 17.7 Å². The van der Waals surface area contributed by atoms with Crippen molar-refractivity contribution in [3.63, 3.8) is 0 Å². The van der Waals surface area contributed by atoms with Crippen LogP contribution < -0.4 is 0 Å². The Bertz CT molecular complexity index is 392. The summed E-state index contributed by atoms with van der Waals surface area (Å²) in [6.45, 7) is 0. The third-order valence-corrected chi connectivity index (χ3v) is 1.82. The normalized spacial score (nSPS) is 46.1. The van der Waals surface area contributed by atoms with Gasteiger partial charge in [0.05, 0.1) is 7.44 Å². The van der Waals surface area contributed by atoms with Crippen molar-refractivity contribution in [2.24, 2.45) is 5.92 Å². The summed E-state index contributed by atoms with van der Waals surface area (Å²) in [5.41, 5.74) is -3.75. The van der Waals surface area contributed by atoms with Crippen LogP contribution in [0.15, 0.2) is 12.2 Å². The molecule has 0 aromatic carbocycles. The highest BCUT2D eigenvalue weighted by molar-refractivity contribution is 5.30. The molecule has 0 saturated heterocycles. The van der Waals surface area contributed by atoms with Crippen molar-refractivity contribution in [1.82, 2.24) is 0 Å². The molecule has 0 fully saturated rings. The molecule has 3 atom stereocenters. The predicted molar refractivity (Wildman–Crippen MR) is 37.5 cm³/mol. The van der Waals surface area contributed by atoms with Gasteiger partial charge in [0.25, 0.3) is 5.67 Å². The molecule has 0 aromatic heterocycles. The molecule has 14 heavy (non-hydrogen) atoms. The summed E-state index contributed by atoms with van der Waals surface area (Å²) in [6.07, 6.45) is -3.88. The lowest BCUT2D eigenvalue weighted by molar-refractivity contribution is -0.128. The number of alkyl halides is 4. The summed E-state index contributed by atoms with van der Waals surface area (Å²) in [6, 6.07) is 1.70. The Morgan fingerprint density at radius 3 is 2.36 bits per heavy atom. The van der Waals surface area contributed by atoms with Gasteiger partial charge in [-0.2, -0.15) is 10.5 Å². The van der Waals surface area contributed by atoms with Crippen molar-refractivity contribution in [1.29, 1.82) is 10.5 Å². The predicted octanol–water partition coefficient (Wildman–Crippen LogP) is 1.90. The number of halogens is 4. The van der Waals surface area contributed by atoms with Crippen LogP contribution in [0.2, 0.25) is 0 Å². The molecule has 6 heteroatoms. The van der Waals surface area contributed by atoms with Crippen LogP contribution in [0, 0.1) is 28.6 Å². The Hall–Kier alpha value is -1.56. The topological polar surface area (TPSA) is 47.6 Å². The third-order valence-electron chi connectivity index (χ3n) is 1.82. The molecule has 0 aliphatic heterocycles. The Kier molecular flexibility index (Phi) is 1.92. The zero-order valence-electron chi connectivity index (χ0n) is 7.64. The van der Waals surface area contributed by atoms with Crippen molar-refractivity contribution in [3.8, 4) is 12.1 Å². The number of nitriles is 2. The molecular formula is C8H4F4N2. The molecular weight excluding hydrogens is 200 g/mol. The van der Waals surface area contributed by atoms with Gasteiger partial charge in [-0.05, 0) is 6.08 Å². The minimum Gasteiger partial charge on any atom is -0.236 e. The first kappa shape index (κ1) is 9.01. The van der Waals surface area contributed by atoms with Gasteiger partial charge in [-0.1, -0.05) is 6.08 Å². The van der Waals surface area contributed by atoms with E-state index < -0.39 is 23.7 Å². The maximum atomic E-state index is 13.3. The molecule has 0 amide bonds. The molecule has 0 spiro atoms. The van der Waals surface area contributed by atoms with Gasteiger partial charge in [-0.25, -0.2) is 17.6 Å². The first-order valence-electron chi connectivity index (χ1n) is 3.99. The highest BCUT2D eigenvalue weighted by Gasteiger charge is 2.60. The zero-order valence-corrected chi connectivity index (χ0v) is 6.64. The van der Waals surface area contributed by atoms with Crippen LogP contribution >= 0.6 is 0 Å². The van der Waals surface area contributed by atoms with E-state index in [9.17, 15) is 17.6 Å². The summed E-state index contributed by atoms with van der Waals surface area (Å²) in [5, 5.41) is 16.5. The lowest BCUT2D eigenvalue weighted by Gasteiger charge is -2.31. The number of allylic oxidation sites excluding steroid dienone is 2. The summed E-state index contributed by atoms with van der Waals surface area (Å²) < 4.78 is 59.3. The molecule has 1 aliphatic rings. The second kappa shape index (κ2) is 2.98. The Morgan fingerprint density at radius 2 is 1.93 bits per heavy atom. The van der Waals surface area contributed by atoms with Crippen molar-refractivity contribution >= 4 is 0 Å². The summed E-state index contributed by atoms with van der Waals surface area (Å²) in [5.74, 6) is -6.82. The van der Waals surface area contributed by atoms with Gasteiger partial charge in [0.2, 0.25) is 6.15 Å². The fourth-order valence-corrected chi connectivity index (χ4v) is 1.01. The average molecular weight is 205 g/mol. The minimum absolute atomic E-state index is 0.186. The Balaban J connectivity index is 3.40. The monoisotopic (exact) mass is 205 g/mol.